The number of benzene rings is 1. The van der Waals surface area contributed by atoms with Crippen molar-refractivity contribution in [1.82, 2.24) is 19.8 Å². The van der Waals surface area contributed by atoms with Crippen molar-refractivity contribution >= 4 is 34.0 Å². The van der Waals surface area contributed by atoms with Crippen molar-refractivity contribution in [1.29, 1.82) is 0 Å². The van der Waals surface area contributed by atoms with E-state index in [9.17, 15) is 18.0 Å². The Morgan fingerprint density at radius 3 is 2.50 bits per heavy atom. The Bertz CT molecular complexity index is 1320. The number of nitrogens with zero attached hydrogens (tertiary/aromatic N) is 4. The summed E-state index contributed by atoms with van der Waals surface area (Å²) in [7, 11) is 1.77. The van der Waals surface area contributed by atoms with E-state index in [2.05, 4.69) is 49.6 Å². The number of likely N-dealkylation sites (N-methyl/N-ethyl adjacent to an activating group) is 1. The fraction of sp³-hybridized carbons (Fsp3) is 0.346. The third kappa shape index (κ3) is 7.44. The van der Waals surface area contributed by atoms with Gasteiger partial charge in [0.1, 0.15) is 5.82 Å². The van der Waals surface area contributed by atoms with E-state index in [1.807, 2.05) is 4.90 Å². The number of halogens is 3. The number of pyridine rings is 1. The predicted octanol–water partition coefficient (Wildman–Crippen LogP) is 4.78. The lowest BCUT2D eigenvalue weighted by atomic mass is 10.0. The number of urea groups is 1. The van der Waals surface area contributed by atoms with Crippen LogP contribution in [0.5, 0.6) is 0 Å². The molecule has 3 heterocycles. The molecule has 8 nitrogen and oxygen atoms in total. The zero-order chi connectivity index (χ0) is 27.1. The van der Waals surface area contributed by atoms with Crippen molar-refractivity contribution in [3.8, 4) is 11.8 Å². The number of nitrogens with one attached hydrogen (secondary N) is 3. The van der Waals surface area contributed by atoms with E-state index in [-0.39, 0.29) is 23.6 Å². The third-order valence-corrected chi connectivity index (χ3v) is 6.96. The summed E-state index contributed by atoms with van der Waals surface area (Å²) in [6, 6.07) is 6.44. The lowest BCUT2D eigenvalue weighted by Crippen LogP contribution is -2.45. The van der Waals surface area contributed by atoms with Gasteiger partial charge < -0.3 is 15.5 Å². The zero-order valence-corrected chi connectivity index (χ0v) is 21.8. The van der Waals surface area contributed by atoms with Gasteiger partial charge in [0.05, 0.1) is 16.6 Å². The standard InChI is InChI=1S/C26H28F3N7OS/c1-3-35-10-12-36(13-11-35)17-19-5-6-20(15-22(19)26(27,28)29)33-24(37)34-23-14-18(8-9-31-23)4-7-21-16-32-25(30-2)38-21/h5-6,8-9,14-16H,3,10-13,17H2,1-2H3,(H,30,32)(H2,31,33,34,37). The van der Waals surface area contributed by atoms with Crippen LogP contribution in [0.2, 0.25) is 0 Å². The number of anilines is 3. The molecular formula is C26H28F3N7OS. The SMILES string of the molecule is CCN1CCN(Cc2ccc(NC(=O)Nc3cc(C#Cc4cnc(NC)s4)ccn3)cc2C(F)(F)F)CC1. The maximum Gasteiger partial charge on any atom is 0.416 e. The molecule has 3 N–H and O–H groups in total. The molecule has 1 aromatic carbocycles. The number of carbonyl (C=O) groups is 1. The summed E-state index contributed by atoms with van der Waals surface area (Å²) in [6.07, 6.45) is -1.40. The molecular weight excluding hydrogens is 515 g/mol. The van der Waals surface area contributed by atoms with E-state index in [0.717, 1.165) is 35.7 Å². The highest BCUT2D eigenvalue weighted by molar-refractivity contribution is 7.16. The highest BCUT2D eigenvalue weighted by Crippen LogP contribution is 2.34. The molecule has 12 heteroatoms. The van der Waals surface area contributed by atoms with Gasteiger partial charge in [0.15, 0.2) is 5.13 Å². The first-order valence-corrected chi connectivity index (χ1v) is 12.9. The maximum absolute atomic E-state index is 13.9. The molecule has 0 spiro atoms. The second-order valence-electron chi connectivity index (χ2n) is 8.62. The van der Waals surface area contributed by atoms with Crippen LogP contribution in [-0.4, -0.2) is 65.6 Å². The smallest absolute Gasteiger partial charge is 0.365 e. The molecule has 0 bridgehead atoms. The molecule has 2 aromatic heterocycles. The van der Waals surface area contributed by atoms with Crippen LogP contribution in [0, 0.1) is 11.8 Å². The van der Waals surface area contributed by atoms with E-state index < -0.39 is 17.8 Å². The molecule has 1 aliphatic heterocycles. The first-order chi connectivity index (χ1) is 18.2. The Morgan fingerprint density at radius 1 is 1.05 bits per heavy atom. The van der Waals surface area contributed by atoms with E-state index in [4.69, 9.17) is 0 Å². The van der Waals surface area contributed by atoms with Crippen LogP contribution in [0.4, 0.5) is 34.6 Å². The largest absolute Gasteiger partial charge is 0.416 e. The van der Waals surface area contributed by atoms with Crippen molar-refractivity contribution in [2.24, 2.45) is 0 Å². The van der Waals surface area contributed by atoms with Crippen LogP contribution in [0.1, 0.15) is 28.5 Å². The van der Waals surface area contributed by atoms with E-state index in [0.29, 0.717) is 18.7 Å². The molecule has 3 aromatic rings. The van der Waals surface area contributed by atoms with Gasteiger partial charge in [0.2, 0.25) is 0 Å². The summed E-state index contributed by atoms with van der Waals surface area (Å²) < 4.78 is 41.6. The molecule has 0 aliphatic carbocycles. The van der Waals surface area contributed by atoms with Crippen molar-refractivity contribution < 1.29 is 18.0 Å². The highest BCUT2D eigenvalue weighted by Gasteiger charge is 2.34. The second-order valence-corrected chi connectivity index (χ2v) is 9.65. The lowest BCUT2D eigenvalue weighted by molar-refractivity contribution is -0.138. The van der Waals surface area contributed by atoms with Gasteiger partial charge in [-0.3, -0.25) is 10.2 Å². The van der Waals surface area contributed by atoms with Crippen LogP contribution in [0.15, 0.2) is 42.7 Å². The van der Waals surface area contributed by atoms with E-state index >= 15 is 0 Å². The van der Waals surface area contributed by atoms with Gasteiger partial charge >= 0.3 is 12.2 Å². The quantitative estimate of drug-likeness (QED) is 0.388. The predicted molar refractivity (Wildman–Crippen MR) is 143 cm³/mol. The summed E-state index contributed by atoms with van der Waals surface area (Å²) in [5.41, 5.74) is 0.0753. The first kappa shape index (κ1) is 27.4. The van der Waals surface area contributed by atoms with Gasteiger partial charge in [-0.25, -0.2) is 14.8 Å². The van der Waals surface area contributed by atoms with Crippen LogP contribution >= 0.6 is 11.3 Å². The van der Waals surface area contributed by atoms with Gasteiger partial charge in [-0.05, 0) is 42.3 Å². The molecule has 38 heavy (non-hydrogen) atoms. The van der Waals surface area contributed by atoms with Crippen molar-refractivity contribution in [2.75, 3.05) is 55.7 Å². The highest BCUT2D eigenvalue weighted by atomic mass is 32.1. The molecule has 1 saturated heterocycles. The number of piperazine rings is 1. The van der Waals surface area contributed by atoms with E-state index in [1.165, 1.54) is 29.7 Å². The summed E-state index contributed by atoms with van der Waals surface area (Å²) >= 11 is 1.41. The average molecular weight is 544 g/mol. The van der Waals surface area contributed by atoms with Gasteiger partial charge in [0, 0.05) is 57.2 Å². The fourth-order valence-electron chi connectivity index (χ4n) is 4.00. The number of alkyl halides is 3. The molecule has 0 saturated carbocycles. The van der Waals surface area contributed by atoms with Crippen LogP contribution in [-0.2, 0) is 12.7 Å². The normalized spacial score (nSPS) is 14.4. The van der Waals surface area contributed by atoms with Crippen LogP contribution in [0.25, 0.3) is 0 Å². The third-order valence-electron chi connectivity index (χ3n) is 6.03. The topological polar surface area (TPSA) is 85.4 Å². The Kier molecular flexibility index (Phi) is 8.83. The van der Waals surface area contributed by atoms with Gasteiger partial charge in [-0.2, -0.15) is 13.2 Å². The summed E-state index contributed by atoms with van der Waals surface area (Å²) in [5, 5.41) is 8.71. The minimum Gasteiger partial charge on any atom is -0.365 e. The van der Waals surface area contributed by atoms with Crippen molar-refractivity contribution in [3.63, 3.8) is 0 Å². The second kappa shape index (κ2) is 12.3. The molecule has 200 valence electrons. The molecule has 1 fully saturated rings. The number of hydrogen-bond donors (Lipinski definition) is 3. The zero-order valence-electron chi connectivity index (χ0n) is 21.0. The Labute approximate surface area is 223 Å². The lowest BCUT2D eigenvalue weighted by Gasteiger charge is -2.34. The van der Waals surface area contributed by atoms with Gasteiger partial charge in [-0.15, -0.1) is 0 Å². The van der Waals surface area contributed by atoms with Gasteiger partial charge in [0.25, 0.3) is 0 Å². The maximum atomic E-state index is 13.9. The number of rotatable bonds is 6. The molecule has 2 amide bonds. The van der Waals surface area contributed by atoms with Crippen LogP contribution < -0.4 is 16.0 Å². The monoisotopic (exact) mass is 543 g/mol. The van der Waals surface area contributed by atoms with Crippen molar-refractivity contribution in [2.45, 2.75) is 19.6 Å². The van der Waals surface area contributed by atoms with Gasteiger partial charge in [-0.1, -0.05) is 30.2 Å². The van der Waals surface area contributed by atoms with Crippen LogP contribution in [0.3, 0.4) is 0 Å². The Morgan fingerprint density at radius 2 is 1.82 bits per heavy atom. The molecule has 1 aliphatic rings. The fourth-order valence-corrected chi connectivity index (χ4v) is 4.62. The van der Waals surface area contributed by atoms with E-state index in [1.54, 1.807) is 25.4 Å². The number of thiazole rings is 1. The number of amides is 2. The minimum atomic E-state index is -4.55. The number of aromatic nitrogens is 2. The molecule has 0 radical (unpaired) electrons. The number of hydrogen-bond acceptors (Lipinski definition) is 7. The average Bonchev–Trinajstić information content (AvgIpc) is 3.36. The molecule has 0 unspecified atom stereocenters. The molecule has 4 rings (SSSR count). The Hall–Kier alpha value is -3.66. The minimum absolute atomic E-state index is 0.0378. The summed E-state index contributed by atoms with van der Waals surface area (Å²) in [6.45, 7) is 6.30. The number of carbonyl (C=O) groups excluding carboxylic acids is 1. The van der Waals surface area contributed by atoms with Crippen molar-refractivity contribution in [3.05, 3.63) is 64.3 Å². The first-order valence-electron chi connectivity index (χ1n) is 12.1. The molecule has 0 atom stereocenters. The summed E-state index contributed by atoms with van der Waals surface area (Å²) in [5.74, 6) is 6.19. The Balaban J connectivity index is 1.41. The summed E-state index contributed by atoms with van der Waals surface area (Å²) in [4.78, 5) is 25.8.